The standard InChI is InChI=1S/C21H28O5.C7H8O/c1-19-7-5-13(23)9-12(19)3-4-14-15-6-8-21(26,17(25)11-22)20(15,2)10-16(24)18(14)19;8-6-7-4-2-1-3-5-7/h5,7,9,14-16,18,22,24,26H,3-4,6,8,10-11H2,1-2H3;1-5,8H,6H2/t14-,15-,16-,18+,19-,20-,21-;/m0./s1. The molecule has 0 aliphatic heterocycles. The van der Waals surface area contributed by atoms with Gasteiger partial charge in [0.25, 0.3) is 0 Å². The van der Waals surface area contributed by atoms with Crippen LogP contribution in [0.2, 0.25) is 0 Å². The molecule has 0 spiro atoms. The number of carbonyl (C=O) groups is 2. The number of allylic oxidation sites excluding steroid dienone is 4. The van der Waals surface area contributed by atoms with Crippen LogP contribution in [0.15, 0.2) is 54.1 Å². The highest BCUT2D eigenvalue weighted by Gasteiger charge is 2.67. The smallest absolute Gasteiger partial charge is 0.190 e. The van der Waals surface area contributed by atoms with Crippen LogP contribution in [0.1, 0.15) is 51.5 Å². The van der Waals surface area contributed by atoms with E-state index in [1.54, 1.807) is 12.2 Å². The van der Waals surface area contributed by atoms with Gasteiger partial charge in [-0.2, -0.15) is 0 Å². The Morgan fingerprint density at radius 1 is 1.12 bits per heavy atom. The molecule has 34 heavy (non-hydrogen) atoms. The highest BCUT2D eigenvalue weighted by molar-refractivity contribution is 6.01. The van der Waals surface area contributed by atoms with Crippen molar-refractivity contribution in [3.05, 3.63) is 59.7 Å². The van der Waals surface area contributed by atoms with Crippen molar-refractivity contribution < 1.29 is 30.0 Å². The third-order valence-corrected chi connectivity index (χ3v) is 9.28. The fourth-order valence-electron chi connectivity index (χ4n) is 7.50. The number of rotatable bonds is 3. The molecule has 4 aliphatic rings. The Morgan fingerprint density at radius 2 is 1.82 bits per heavy atom. The van der Waals surface area contributed by atoms with E-state index < -0.39 is 29.5 Å². The molecule has 6 nitrogen and oxygen atoms in total. The number of aliphatic hydroxyl groups excluding tert-OH is 3. The summed E-state index contributed by atoms with van der Waals surface area (Å²) >= 11 is 0. The summed E-state index contributed by atoms with van der Waals surface area (Å²) in [5, 5.41) is 40.2. The number of aliphatic hydroxyl groups is 4. The molecule has 1 aromatic rings. The van der Waals surface area contributed by atoms with Crippen molar-refractivity contribution in [2.24, 2.45) is 28.6 Å². The molecule has 3 fully saturated rings. The summed E-state index contributed by atoms with van der Waals surface area (Å²) in [5.74, 6) is -0.227. The summed E-state index contributed by atoms with van der Waals surface area (Å²) in [6.07, 6.45) is 7.68. The molecule has 0 amide bonds. The van der Waals surface area contributed by atoms with E-state index in [0.717, 1.165) is 30.4 Å². The number of Topliss-reactive ketones (excluding diaryl/α,β-unsaturated/α-hetero) is 1. The van der Waals surface area contributed by atoms with Gasteiger partial charge in [0.15, 0.2) is 11.6 Å². The minimum atomic E-state index is -1.56. The summed E-state index contributed by atoms with van der Waals surface area (Å²) < 4.78 is 0. The average molecular weight is 469 g/mol. The third-order valence-electron chi connectivity index (χ3n) is 9.28. The number of benzene rings is 1. The summed E-state index contributed by atoms with van der Waals surface area (Å²) in [7, 11) is 0. The summed E-state index contributed by atoms with van der Waals surface area (Å²) in [6, 6.07) is 9.52. The van der Waals surface area contributed by atoms with Gasteiger partial charge >= 0.3 is 0 Å². The second kappa shape index (κ2) is 9.15. The van der Waals surface area contributed by atoms with E-state index in [9.17, 15) is 24.9 Å². The fourth-order valence-corrected chi connectivity index (χ4v) is 7.50. The van der Waals surface area contributed by atoms with E-state index >= 15 is 0 Å². The number of carbonyl (C=O) groups excluding carboxylic acids is 2. The molecule has 0 saturated heterocycles. The largest absolute Gasteiger partial charge is 0.393 e. The molecule has 0 heterocycles. The molecule has 1 aromatic carbocycles. The van der Waals surface area contributed by atoms with Gasteiger partial charge in [-0.15, -0.1) is 0 Å². The molecule has 0 radical (unpaired) electrons. The molecule has 0 bridgehead atoms. The Balaban J connectivity index is 0.000000291. The zero-order valence-corrected chi connectivity index (χ0v) is 20.0. The zero-order valence-electron chi connectivity index (χ0n) is 20.0. The molecule has 4 aliphatic carbocycles. The van der Waals surface area contributed by atoms with E-state index in [4.69, 9.17) is 5.11 Å². The highest BCUT2D eigenvalue weighted by atomic mass is 16.3. The van der Waals surface area contributed by atoms with Crippen molar-refractivity contribution in [1.29, 1.82) is 0 Å². The van der Waals surface area contributed by atoms with E-state index in [2.05, 4.69) is 6.92 Å². The lowest BCUT2D eigenvalue weighted by atomic mass is 9.46. The zero-order chi connectivity index (χ0) is 24.7. The van der Waals surface area contributed by atoms with Gasteiger partial charge < -0.3 is 20.4 Å². The normalized spacial score (nSPS) is 40.3. The van der Waals surface area contributed by atoms with Crippen LogP contribution in [-0.2, 0) is 16.2 Å². The molecule has 3 saturated carbocycles. The van der Waals surface area contributed by atoms with Crippen LogP contribution < -0.4 is 0 Å². The highest BCUT2D eigenvalue weighted by Crippen LogP contribution is 2.67. The molecule has 5 rings (SSSR count). The van der Waals surface area contributed by atoms with Gasteiger partial charge in [0.1, 0.15) is 12.2 Å². The maximum Gasteiger partial charge on any atom is 0.190 e. The van der Waals surface area contributed by atoms with E-state index in [0.29, 0.717) is 12.8 Å². The van der Waals surface area contributed by atoms with Gasteiger partial charge in [0.2, 0.25) is 0 Å². The van der Waals surface area contributed by atoms with Crippen LogP contribution in [0.25, 0.3) is 0 Å². The van der Waals surface area contributed by atoms with Crippen LogP contribution in [0.5, 0.6) is 0 Å². The molecule has 0 aromatic heterocycles. The van der Waals surface area contributed by atoms with Gasteiger partial charge in [-0.25, -0.2) is 0 Å². The topological polar surface area (TPSA) is 115 Å². The maximum atomic E-state index is 12.4. The first-order chi connectivity index (χ1) is 16.1. The molecular weight excluding hydrogens is 432 g/mol. The SMILES string of the molecule is C[C@]12C=CC(=O)C=C1CC[C@@H]1[C@@H]2[C@@H](O)C[C@@]2(C)[C@H]1CC[C@]2(O)C(=O)CO.OCc1ccccc1. The summed E-state index contributed by atoms with van der Waals surface area (Å²) in [5.41, 5.74) is -0.576. The third kappa shape index (κ3) is 3.81. The van der Waals surface area contributed by atoms with Crippen LogP contribution in [-0.4, -0.2) is 50.3 Å². The fraction of sp³-hybridized carbons (Fsp3) is 0.571. The Labute approximate surface area is 201 Å². The van der Waals surface area contributed by atoms with Gasteiger partial charge in [-0.3, -0.25) is 9.59 Å². The first-order valence-electron chi connectivity index (χ1n) is 12.2. The molecule has 4 N–H and O–H groups in total. The Hall–Kier alpha value is -2.12. The second-order valence-electron chi connectivity index (χ2n) is 10.8. The van der Waals surface area contributed by atoms with Crippen molar-refractivity contribution in [3.8, 4) is 0 Å². The Kier molecular flexibility index (Phi) is 6.73. The van der Waals surface area contributed by atoms with Crippen molar-refractivity contribution in [2.75, 3.05) is 6.61 Å². The molecular formula is C28H36O6. The average Bonchev–Trinajstić information content (AvgIpc) is 3.10. The Morgan fingerprint density at radius 3 is 2.44 bits per heavy atom. The molecule has 184 valence electrons. The molecule has 0 unspecified atom stereocenters. The summed E-state index contributed by atoms with van der Waals surface area (Å²) in [4.78, 5) is 24.2. The molecule has 7 atom stereocenters. The lowest BCUT2D eigenvalue weighted by Crippen LogP contribution is -2.61. The minimum absolute atomic E-state index is 0.00912. The van der Waals surface area contributed by atoms with E-state index in [1.807, 2.05) is 43.3 Å². The van der Waals surface area contributed by atoms with Crippen molar-refractivity contribution >= 4 is 11.6 Å². The van der Waals surface area contributed by atoms with Crippen molar-refractivity contribution in [3.63, 3.8) is 0 Å². The lowest BCUT2D eigenvalue weighted by Gasteiger charge is -2.59. The predicted molar refractivity (Wildman–Crippen MR) is 127 cm³/mol. The van der Waals surface area contributed by atoms with Crippen LogP contribution in [0, 0.1) is 28.6 Å². The van der Waals surface area contributed by atoms with Gasteiger partial charge in [0, 0.05) is 16.7 Å². The maximum absolute atomic E-state index is 12.4. The van der Waals surface area contributed by atoms with Gasteiger partial charge in [-0.05, 0) is 61.7 Å². The first-order valence-corrected chi connectivity index (χ1v) is 12.2. The van der Waals surface area contributed by atoms with Crippen LogP contribution >= 0.6 is 0 Å². The number of fused-ring (bicyclic) bond motifs is 5. The monoisotopic (exact) mass is 468 g/mol. The molecule has 6 heteroatoms. The number of hydrogen-bond donors (Lipinski definition) is 4. The van der Waals surface area contributed by atoms with Gasteiger partial charge in [-0.1, -0.05) is 55.8 Å². The van der Waals surface area contributed by atoms with E-state index in [-0.39, 0.29) is 35.6 Å². The number of hydrogen-bond acceptors (Lipinski definition) is 6. The minimum Gasteiger partial charge on any atom is -0.393 e. The summed E-state index contributed by atoms with van der Waals surface area (Å²) in [6.45, 7) is 3.48. The lowest BCUT2D eigenvalue weighted by molar-refractivity contribution is -0.178. The van der Waals surface area contributed by atoms with E-state index in [1.165, 1.54) is 0 Å². The van der Waals surface area contributed by atoms with Crippen molar-refractivity contribution in [1.82, 2.24) is 0 Å². The van der Waals surface area contributed by atoms with Crippen molar-refractivity contribution in [2.45, 2.75) is 64.3 Å². The first kappa shape index (κ1) is 25.0. The second-order valence-corrected chi connectivity index (χ2v) is 10.8. The van der Waals surface area contributed by atoms with Gasteiger partial charge in [0.05, 0.1) is 12.7 Å². The van der Waals surface area contributed by atoms with Crippen LogP contribution in [0.3, 0.4) is 0 Å². The predicted octanol–water partition coefficient (Wildman–Crippen LogP) is 2.74. The Bertz CT molecular complexity index is 999. The van der Waals surface area contributed by atoms with Crippen LogP contribution in [0.4, 0.5) is 0 Å². The quantitative estimate of drug-likeness (QED) is 0.542. The number of ketones is 2.